The second-order valence-corrected chi connectivity index (χ2v) is 6.66. The lowest BCUT2D eigenvalue weighted by Crippen LogP contribution is -2.49. The van der Waals surface area contributed by atoms with E-state index in [4.69, 9.17) is 4.74 Å². The Balaban J connectivity index is 0.00000176. The molecule has 0 saturated carbocycles. The highest BCUT2D eigenvalue weighted by Gasteiger charge is 2.30. The number of likely N-dealkylation sites (tertiary alicyclic amines) is 1. The molecular formula is C16H30ClN3O2. The quantitative estimate of drug-likeness (QED) is 0.838. The lowest BCUT2D eigenvalue weighted by atomic mass is 9.95. The molecule has 22 heavy (non-hydrogen) atoms. The molecule has 0 aromatic carbocycles. The standard InChI is InChI=1S/C16H29N3O2.ClH/c20-16(2-1-14-4-11-21-12-5-14)19-8-3-15(13-19)18-9-6-17-7-10-18;/h14-15,17H,1-13H2;1H. The third kappa shape index (κ3) is 4.82. The van der Waals surface area contributed by atoms with Crippen molar-refractivity contribution in [3.63, 3.8) is 0 Å². The number of amides is 1. The van der Waals surface area contributed by atoms with Gasteiger partial charge in [0, 0.05) is 64.9 Å². The van der Waals surface area contributed by atoms with Crippen molar-refractivity contribution in [3.8, 4) is 0 Å². The number of ether oxygens (including phenoxy) is 1. The monoisotopic (exact) mass is 331 g/mol. The molecule has 0 bridgehead atoms. The minimum Gasteiger partial charge on any atom is -0.381 e. The number of nitrogens with one attached hydrogen (secondary N) is 1. The topological polar surface area (TPSA) is 44.8 Å². The number of hydrogen-bond donors (Lipinski definition) is 1. The molecule has 0 aromatic rings. The number of carbonyl (C=O) groups is 1. The van der Waals surface area contributed by atoms with Gasteiger partial charge in [0.2, 0.25) is 5.91 Å². The summed E-state index contributed by atoms with van der Waals surface area (Å²) in [7, 11) is 0. The predicted octanol–water partition coefficient (Wildman–Crippen LogP) is 1.12. The number of nitrogens with zero attached hydrogens (tertiary/aromatic N) is 2. The molecule has 3 heterocycles. The van der Waals surface area contributed by atoms with Gasteiger partial charge < -0.3 is 15.0 Å². The maximum atomic E-state index is 12.4. The van der Waals surface area contributed by atoms with E-state index in [0.717, 1.165) is 84.6 Å². The molecule has 0 spiro atoms. The first-order valence-electron chi connectivity index (χ1n) is 8.63. The highest BCUT2D eigenvalue weighted by Crippen LogP contribution is 2.22. The molecule has 3 aliphatic rings. The zero-order chi connectivity index (χ0) is 14.5. The second kappa shape index (κ2) is 9.06. The van der Waals surface area contributed by atoms with Gasteiger partial charge in [-0.2, -0.15) is 0 Å². The van der Waals surface area contributed by atoms with E-state index in [9.17, 15) is 4.79 Å². The van der Waals surface area contributed by atoms with Gasteiger partial charge >= 0.3 is 0 Å². The molecule has 1 atom stereocenters. The van der Waals surface area contributed by atoms with Gasteiger partial charge in [0.1, 0.15) is 0 Å². The zero-order valence-electron chi connectivity index (χ0n) is 13.5. The molecule has 5 nitrogen and oxygen atoms in total. The van der Waals surface area contributed by atoms with Crippen molar-refractivity contribution < 1.29 is 9.53 Å². The van der Waals surface area contributed by atoms with Crippen LogP contribution < -0.4 is 5.32 Å². The molecule has 3 fully saturated rings. The van der Waals surface area contributed by atoms with Crippen LogP contribution >= 0.6 is 12.4 Å². The van der Waals surface area contributed by atoms with Gasteiger partial charge in [-0.3, -0.25) is 9.69 Å². The van der Waals surface area contributed by atoms with Crippen LogP contribution in [0.25, 0.3) is 0 Å². The maximum Gasteiger partial charge on any atom is 0.222 e. The smallest absolute Gasteiger partial charge is 0.222 e. The molecule has 1 amide bonds. The highest BCUT2D eigenvalue weighted by molar-refractivity contribution is 5.85. The molecule has 0 radical (unpaired) electrons. The van der Waals surface area contributed by atoms with Crippen molar-refractivity contribution in [2.45, 2.75) is 38.1 Å². The van der Waals surface area contributed by atoms with Crippen molar-refractivity contribution in [1.29, 1.82) is 0 Å². The number of piperazine rings is 1. The summed E-state index contributed by atoms with van der Waals surface area (Å²) in [6.45, 7) is 8.13. The van der Waals surface area contributed by atoms with E-state index in [0.29, 0.717) is 17.9 Å². The average molecular weight is 332 g/mol. The van der Waals surface area contributed by atoms with E-state index in [1.54, 1.807) is 0 Å². The normalized spacial score (nSPS) is 27.6. The molecular weight excluding hydrogens is 302 g/mol. The van der Waals surface area contributed by atoms with Gasteiger partial charge in [-0.15, -0.1) is 12.4 Å². The lowest BCUT2D eigenvalue weighted by molar-refractivity contribution is -0.130. The molecule has 128 valence electrons. The SMILES string of the molecule is Cl.O=C(CCC1CCOCC1)N1CCC(N2CCNCC2)C1. The Labute approximate surface area is 140 Å². The minimum atomic E-state index is 0. The van der Waals surface area contributed by atoms with E-state index < -0.39 is 0 Å². The fourth-order valence-corrected chi connectivity index (χ4v) is 3.83. The van der Waals surface area contributed by atoms with Gasteiger partial charge in [0.05, 0.1) is 0 Å². The van der Waals surface area contributed by atoms with Gasteiger partial charge in [-0.25, -0.2) is 0 Å². The van der Waals surface area contributed by atoms with E-state index >= 15 is 0 Å². The van der Waals surface area contributed by atoms with Gasteiger partial charge in [-0.1, -0.05) is 0 Å². The Kier molecular flexibility index (Phi) is 7.41. The molecule has 0 aliphatic carbocycles. The van der Waals surface area contributed by atoms with Crippen LogP contribution in [0, 0.1) is 5.92 Å². The summed E-state index contributed by atoms with van der Waals surface area (Å²) in [4.78, 5) is 17.0. The van der Waals surface area contributed by atoms with Crippen molar-refractivity contribution >= 4 is 18.3 Å². The van der Waals surface area contributed by atoms with Crippen LogP contribution in [0.1, 0.15) is 32.1 Å². The summed E-state index contributed by atoms with van der Waals surface area (Å²) >= 11 is 0. The predicted molar refractivity (Wildman–Crippen MR) is 89.5 cm³/mol. The molecule has 1 unspecified atom stereocenters. The van der Waals surface area contributed by atoms with Crippen LogP contribution in [-0.4, -0.2) is 74.2 Å². The van der Waals surface area contributed by atoms with E-state index in [1.807, 2.05) is 0 Å². The summed E-state index contributed by atoms with van der Waals surface area (Å²) in [6, 6.07) is 0.596. The fraction of sp³-hybridized carbons (Fsp3) is 0.938. The molecule has 0 aromatic heterocycles. The maximum absolute atomic E-state index is 12.4. The van der Waals surface area contributed by atoms with Crippen molar-refractivity contribution in [3.05, 3.63) is 0 Å². The van der Waals surface area contributed by atoms with E-state index in [-0.39, 0.29) is 12.4 Å². The van der Waals surface area contributed by atoms with Crippen LogP contribution in [0.15, 0.2) is 0 Å². The lowest BCUT2D eigenvalue weighted by Gasteiger charge is -2.32. The summed E-state index contributed by atoms with van der Waals surface area (Å²) in [5.41, 5.74) is 0. The first-order chi connectivity index (χ1) is 10.3. The molecule has 3 rings (SSSR count). The third-order valence-electron chi connectivity index (χ3n) is 5.29. The molecule has 6 heteroatoms. The molecule has 1 N–H and O–H groups in total. The van der Waals surface area contributed by atoms with Gasteiger partial charge in [0.15, 0.2) is 0 Å². The van der Waals surface area contributed by atoms with Crippen molar-refractivity contribution in [1.82, 2.24) is 15.1 Å². The summed E-state index contributed by atoms with van der Waals surface area (Å²) in [6.07, 6.45) is 5.21. The largest absolute Gasteiger partial charge is 0.381 e. The van der Waals surface area contributed by atoms with Crippen LogP contribution in [-0.2, 0) is 9.53 Å². The first-order valence-corrected chi connectivity index (χ1v) is 8.63. The Hall–Kier alpha value is -0.360. The summed E-state index contributed by atoms with van der Waals surface area (Å²) < 4.78 is 5.38. The summed E-state index contributed by atoms with van der Waals surface area (Å²) in [5.74, 6) is 1.08. The minimum absolute atomic E-state index is 0. The third-order valence-corrected chi connectivity index (χ3v) is 5.29. The Morgan fingerprint density at radius 3 is 2.55 bits per heavy atom. The number of carbonyl (C=O) groups excluding carboxylic acids is 1. The van der Waals surface area contributed by atoms with Crippen LogP contribution in [0.3, 0.4) is 0 Å². The number of rotatable bonds is 4. The zero-order valence-corrected chi connectivity index (χ0v) is 14.3. The fourth-order valence-electron chi connectivity index (χ4n) is 3.83. The number of hydrogen-bond acceptors (Lipinski definition) is 4. The second-order valence-electron chi connectivity index (χ2n) is 6.66. The summed E-state index contributed by atoms with van der Waals surface area (Å²) in [5, 5.41) is 3.40. The van der Waals surface area contributed by atoms with Crippen LogP contribution in [0.5, 0.6) is 0 Å². The molecule has 3 aliphatic heterocycles. The van der Waals surface area contributed by atoms with Crippen molar-refractivity contribution in [2.75, 3.05) is 52.5 Å². The van der Waals surface area contributed by atoms with E-state index in [2.05, 4.69) is 15.1 Å². The van der Waals surface area contributed by atoms with Crippen LogP contribution in [0.4, 0.5) is 0 Å². The van der Waals surface area contributed by atoms with Gasteiger partial charge in [-0.05, 0) is 31.6 Å². The first kappa shape index (κ1) is 18.0. The van der Waals surface area contributed by atoms with Crippen LogP contribution in [0.2, 0.25) is 0 Å². The Bertz CT molecular complexity index is 344. The molecule has 3 saturated heterocycles. The van der Waals surface area contributed by atoms with E-state index in [1.165, 1.54) is 0 Å². The van der Waals surface area contributed by atoms with Gasteiger partial charge in [0.25, 0.3) is 0 Å². The number of halogens is 1. The Morgan fingerprint density at radius 1 is 1.09 bits per heavy atom. The average Bonchev–Trinajstić information content (AvgIpc) is 3.04. The highest BCUT2D eigenvalue weighted by atomic mass is 35.5. The van der Waals surface area contributed by atoms with Crippen molar-refractivity contribution in [2.24, 2.45) is 5.92 Å². The Morgan fingerprint density at radius 2 is 1.82 bits per heavy atom.